The lowest BCUT2D eigenvalue weighted by molar-refractivity contribution is 0.597. The van der Waals surface area contributed by atoms with Crippen molar-refractivity contribution in [3.8, 4) is 0 Å². The first-order valence-electron chi connectivity index (χ1n) is 5.21. The molecule has 1 unspecified atom stereocenters. The van der Waals surface area contributed by atoms with Gasteiger partial charge in [0.2, 0.25) is 0 Å². The van der Waals surface area contributed by atoms with Crippen LogP contribution in [-0.2, 0) is 6.42 Å². The molecule has 0 amide bonds. The Morgan fingerprint density at radius 1 is 1.43 bits per heavy atom. The number of aromatic nitrogens is 2. The van der Waals surface area contributed by atoms with Crippen molar-refractivity contribution in [1.29, 1.82) is 0 Å². The van der Waals surface area contributed by atoms with Crippen LogP contribution in [0.3, 0.4) is 0 Å². The Morgan fingerprint density at radius 2 is 2.14 bits per heavy atom. The number of nitrogens with two attached hydrogens (primary N) is 1. The van der Waals surface area contributed by atoms with Crippen LogP contribution in [0.4, 0.5) is 0 Å². The number of hydrogen-bond acceptors (Lipinski definition) is 4. The lowest BCUT2D eigenvalue weighted by atomic mass is 10.1. The fourth-order valence-corrected chi connectivity index (χ4v) is 2.16. The van der Waals surface area contributed by atoms with Crippen molar-refractivity contribution in [2.75, 3.05) is 0 Å². The summed E-state index contributed by atoms with van der Waals surface area (Å²) >= 11 is 1.49. The van der Waals surface area contributed by atoms with Crippen LogP contribution in [0, 0.1) is 0 Å². The van der Waals surface area contributed by atoms with Gasteiger partial charge in [-0.3, -0.25) is 0 Å². The molecule has 0 aliphatic rings. The van der Waals surface area contributed by atoms with Crippen molar-refractivity contribution in [2.24, 2.45) is 5.73 Å². The van der Waals surface area contributed by atoms with Gasteiger partial charge in [0.1, 0.15) is 10.8 Å². The lowest BCUT2D eigenvalue weighted by Gasteiger charge is -2.06. The van der Waals surface area contributed by atoms with Gasteiger partial charge in [0.25, 0.3) is 0 Å². The molecule has 1 aromatic heterocycles. The minimum Gasteiger partial charge on any atom is -0.327 e. The quantitative estimate of drug-likeness (QED) is 0.816. The van der Waals surface area contributed by atoms with Gasteiger partial charge in [-0.2, -0.15) is 4.37 Å². The van der Waals surface area contributed by atoms with Gasteiger partial charge in [-0.05, 0) is 18.0 Å². The van der Waals surface area contributed by atoms with Crippen LogP contribution in [0.25, 0.3) is 0 Å². The highest BCUT2D eigenvalue weighted by molar-refractivity contribution is 7.05. The molecule has 2 N–H and O–H groups in total. The van der Waals surface area contributed by atoms with Crippen molar-refractivity contribution >= 4 is 11.5 Å². The van der Waals surface area contributed by atoms with Gasteiger partial charge in [0.15, 0.2) is 0 Å². The van der Waals surface area contributed by atoms with E-state index in [1.54, 1.807) is 0 Å². The Kier molecular flexibility index (Phi) is 4.48. The molecule has 1 atom stereocenters. The maximum atomic E-state index is 5.94. The topological polar surface area (TPSA) is 51.8 Å². The molecule has 0 saturated carbocycles. The Hall–Kier alpha value is -0.480. The monoisotopic (exact) mass is 213 g/mol. The van der Waals surface area contributed by atoms with Gasteiger partial charge in [0.05, 0.1) is 0 Å². The second-order valence-corrected chi connectivity index (χ2v) is 4.79. The third-order valence-electron chi connectivity index (χ3n) is 2.10. The molecule has 0 fully saturated rings. The summed E-state index contributed by atoms with van der Waals surface area (Å²) in [6, 6.07) is 0.243. The van der Waals surface area contributed by atoms with Crippen molar-refractivity contribution < 1.29 is 0 Å². The predicted molar refractivity (Wildman–Crippen MR) is 60.6 cm³/mol. The van der Waals surface area contributed by atoms with E-state index < -0.39 is 0 Å². The summed E-state index contributed by atoms with van der Waals surface area (Å²) < 4.78 is 4.30. The Morgan fingerprint density at radius 3 is 2.64 bits per heavy atom. The van der Waals surface area contributed by atoms with Crippen LogP contribution < -0.4 is 5.73 Å². The van der Waals surface area contributed by atoms with E-state index in [2.05, 4.69) is 30.1 Å². The Balaban J connectivity index is 2.51. The van der Waals surface area contributed by atoms with Crippen molar-refractivity contribution in [3.05, 3.63) is 10.8 Å². The molecular formula is C10H19N3S. The zero-order valence-corrected chi connectivity index (χ0v) is 9.97. The van der Waals surface area contributed by atoms with Gasteiger partial charge in [0, 0.05) is 18.4 Å². The molecule has 14 heavy (non-hydrogen) atoms. The molecule has 0 aliphatic carbocycles. The largest absolute Gasteiger partial charge is 0.327 e. The Bertz CT molecular complexity index is 270. The van der Waals surface area contributed by atoms with E-state index in [1.807, 2.05) is 0 Å². The standard InChI is InChI=1S/C10H19N3S/c1-4-5-8(11)6-9-12-10(7(2)3)13-14-9/h7-8H,4-6,11H2,1-3H3. The number of nitrogens with zero attached hydrogens (tertiary/aromatic N) is 2. The smallest absolute Gasteiger partial charge is 0.145 e. The summed E-state index contributed by atoms with van der Waals surface area (Å²) in [6.45, 7) is 6.37. The van der Waals surface area contributed by atoms with E-state index in [1.165, 1.54) is 11.5 Å². The van der Waals surface area contributed by atoms with Crippen LogP contribution in [0.1, 0.15) is 50.4 Å². The van der Waals surface area contributed by atoms with Gasteiger partial charge in [-0.25, -0.2) is 4.98 Å². The third kappa shape index (κ3) is 3.35. The second kappa shape index (κ2) is 5.41. The predicted octanol–water partition coefficient (Wildman–Crippen LogP) is 2.33. The highest BCUT2D eigenvalue weighted by Gasteiger charge is 2.10. The van der Waals surface area contributed by atoms with Gasteiger partial charge in [-0.1, -0.05) is 27.2 Å². The van der Waals surface area contributed by atoms with E-state index >= 15 is 0 Å². The van der Waals surface area contributed by atoms with Gasteiger partial charge in [-0.15, -0.1) is 0 Å². The fourth-order valence-electron chi connectivity index (χ4n) is 1.28. The van der Waals surface area contributed by atoms with Gasteiger partial charge >= 0.3 is 0 Å². The summed E-state index contributed by atoms with van der Waals surface area (Å²) in [5, 5.41) is 1.08. The summed E-state index contributed by atoms with van der Waals surface area (Å²) in [6.07, 6.45) is 3.08. The maximum Gasteiger partial charge on any atom is 0.145 e. The fraction of sp³-hybridized carbons (Fsp3) is 0.800. The molecule has 0 saturated heterocycles. The molecule has 1 heterocycles. The first kappa shape index (κ1) is 11.6. The molecule has 0 bridgehead atoms. The van der Waals surface area contributed by atoms with E-state index in [0.717, 1.165) is 30.1 Å². The second-order valence-electron chi connectivity index (χ2n) is 3.95. The normalized spacial score (nSPS) is 13.5. The lowest BCUT2D eigenvalue weighted by Crippen LogP contribution is -2.22. The molecule has 3 nitrogen and oxygen atoms in total. The summed E-state index contributed by atoms with van der Waals surface area (Å²) in [5.74, 6) is 1.37. The zero-order valence-electron chi connectivity index (χ0n) is 9.16. The zero-order chi connectivity index (χ0) is 10.6. The highest BCUT2D eigenvalue weighted by Crippen LogP contribution is 2.15. The summed E-state index contributed by atoms with van der Waals surface area (Å²) in [5.41, 5.74) is 5.94. The average molecular weight is 213 g/mol. The minimum atomic E-state index is 0.243. The van der Waals surface area contributed by atoms with E-state index in [-0.39, 0.29) is 6.04 Å². The minimum absolute atomic E-state index is 0.243. The van der Waals surface area contributed by atoms with Crippen LogP contribution in [-0.4, -0.2) is 15.4 Å². The summed E-state index contributed by atoms with van der Waals surface area (Å²) in [7, 11) is 0. The molecule has 0 radical (unpaired) electrons. The van der Waals surface area contributed by atoms with Crippen LogP contribution in [0.15, 0.2) is 0 Å². The molecular weight excluding hydrogens is 194 g/mol. The third-order valence-corrected chi connectivity index (χ3v) is 2.84. The summed E-state index contributed by atoms with van der Waals surface area (Å²) in [4.78, 5) is 4.46. The number of rotatable bonds is 5. The average Bonchev–Trinajstić information content (AvgIpc) is 2.53. The highest BCUT2D eigenvalue weighted by atomic mass is 32.1. The van der Waals surface area contributed by atoms with Crippen LogP contribution in [0.5, 0.6) is 0 Å². The molecule has 4 heteroatoms. The molecule has 0 spiro atoms. The van der Waals surface area contributed by atoms with Crippen LogP contribution >= 0.6 is 11.5 Å². The van der Waals surface area contributed by atoms with Crippen LogP contribution in [0.2, 0.25) is 0 Å². The molecule has 0 aromatic carbocycles. The maximum absolute atomic E-state index is 5.94. The molecule has 1 rings (SSSR count). The van der Waals surface area contributed by atoms with Gasteiger partial charge < -0.3 is 5.73 Å². The first-order chi connectivity index (χ1) is 6.63. The van der Waals surface area contributed by atoms with Crippen molar-refractivity contribution in [1.82, 2.24) is 9.36 Å². The van der Waals surface area contributed by atoms with E-state index in [4.69, 9.17) is 5.73 Å². The SMILES string of the molecule is CCCC(N)Cc1nc(C(C)C)ns1. The van der Waals surface area contributed by atoms with Crippen molar-refractivity contribution in [3.63, 3.8) is 0 Å². The molecule has 0 aliphatic heterocycles. The van der Waals surface area contributed by atoms with E-state index in [9.17, 15) is 0 Å². The van der Waals surface area contributed by atoms with E-state index in [0.29, 0.717) is 5.92 Å². The number of hydrogen-bond donors (Lipinski definition) is 1. The first-order valence-corrected chi connectivity index (χ1v) is 5.98. The molecule has 1 aromatic rings. The Labute approximate surface area is 89.9 Å². The van der Waals surface area contributed by atoms with Crippen molar-refractivity contribution in [2.45, 2.75) is 52.0 Å². The molecule has 80 valence electrons.